The van der Waals surface area contributed by atoms with Gasteiger partial charge in [0.25, 0.3) is 0 Å². The Morgan fingerprint density at radius 1 is 0.765 bits per heavy atom. The third kappa shape index (κ3) is 3.47. The van der Waals surface area contributed by atoms with Gasteiger partial charge in [0.2, 0.25) is 0 Å². The highest BCUT2D eigenvalue weighted by molar-refractivity contribution is 14.1. The highest BCUT2D eigenvalue weighted by Crippen LogP contribution is 2.32. The van der Waals surface area contributed by atoms with Gasteiger partial charge in [-0.15, -0.1) is 0 Å². The third-order valence-corrected chi connectivity index (χ3v) is 7.24. The first kappa shape index (κ1) is 14.8. The number of aryl methyl sites for hydroxylation is 1. The van der Waals surface area contributed by atoms with Gasteiger partial charge in [0.15, 0.2) is 0 Å². The van der Waals surface area contributed by atoms with Crippen LogP contribution in [0.3, 0.4) is 0 Å². The van der Waals surface area contributed by atoms with E-state index in [1.807, 2.05) is 0 Å². The van der Waals surface area contributed by atoms with Crippen molar-refractivity contribution in [2.75, 3.05) is 0 Å². The van der Waals surface area contributed by atoms with Crippen LogP contribution >= 0.6 is 90.4 Å². The maximum Gasteiger partial charge on any atom is 0.0345 e. The summed E-state index contributed by atoms with van der Waals surface area (Å²) in [5.41, 5.74) is 3.99. The molecule has 0 atom stereocenters. The largest absolute Gasteiger partial charge is 0.0576 e. The van der Waals surface area contributed by atoms with Gasteiger partial charge in [-0.3, -0.25) is 0 Å². The lowest BCUT2D eigenvalue weighted by atomic mass is 10.0. The smallest absolute Gasteiger partial charge is 0.0345 e. The summed E-state index contributed by atoms with van der Waals surface area (Å²) in [5, 5.41) is 0. The molecule has 2 aromatic carbocycles. The van der Waals surface area contributed by atoms with E-state index in [4.69, 9.17) is 0 Å². The summed E-state index contributed by atoms with van der Waals surface area (Å²) in [4.78, 5) is 0. The molecule has 0 nitrogen and oxygen atoms in total. The highest BCUT2D eigenvalue weighted by Gasteiger charge is 2.09. The minimum Gasteiger partial charge on any atom is -0.0576 e. The quantitative estimate of drug-likeness (QED) is 0.323. The molecule has 0 aliphatic heterocycles. The Labute approximate surface area is 156 Å². The minimum atomic E-state index is 1.29. The summed E-state index contributed by atoms with van der Waals surface area (Å²) in [7, 11) is 0. The Morgan fingerprint density at radius 3 is 1.94 bits per heavy atom. The molecule has 0 saturated carbocycles. The first-order valence-corrected chi connectivity index (χ1v) is 9.21. The molecule has 0 unspecified atom stereocenters. The van der Waals surface area contributed by atoms with E-state index in [-0.39, 0.29) is 0 Å². The van der Waals surface area contributed by atoms with Crippen LogP contribution < -0.4 is 0 Å². The molecule has 0 bridgehead atoms. The van der Waals surface area contributed by atoms with Crippen molar-refractivity contribution < 1.29 is 0 Å². The number of hydrogen-bond donors (Lipinski definition) is 0. The van der Waals surface area contributed by atoms with Crippen LogP contribution in [0, 0.1) is 21.2 Å². The van der Waals surface area contributed by atoms with Gasteiger partial charge in [-0.25, -0.2) is 0 Å². The lowest BCUT2D eigenvalue weighted by molar-refractivity contribution is 1.39. The van der Waals surface area contributed by atoms with Gasteiger partial charge >= 0.3 is 0 Å². The van der Waals surface area contributed by atoms with Crippen LogP contribution in [0.1, 0.15) is 5.56 Å². The SMILES string of the molecule is Cc1ccc(-c2cc(I)cc(I)c2)c(I)c1I. The average molecular weight is 672 g/mol. The van der Waals surface area contributed by atoms with E-state index in [2.05, 4.69) is 128 Å². The van der Waals surface area contributed by atoms with Crippen molar-refractivity contribution in [1.29, 1.82) is 0 Å². The second-order valence-corrected chi connectivity index (χ2v) is 8.36. The van der Waals surface area contributed by atoms with Crippen molar-refractivity contribution in [1.82, 2.24) is 0 Å². The number of rotatable bonds is 1. The fraction of sp³-hybridized carbons (Fsp3) is 0.0769. The van der Waals surface area contributed by atoms with Gasteiger partial charge in [0, 0.05) is 14.3 Å². The zero-order valence-corrected chi connectivity index (χ0v) is 17.5. The van der Waals surface area contributed by atoms with E-state index >= 15 is 0 Å². The molecular formula is C13H8I4. The van der Waals surface area contributed by atoms with Crippen LogP contribution in [0.5, 0.6) is 0 Å². The molecule has 0 aromatic heterocycles. The molecule has 0 saturated heterocycles. The number of benzene rings is 2. The minimum absolute atomic E-state index is 1.29. The molecule has 2 aromatic rings. The van der Waals surface area contributed by atoms with E-state index in [9.17, 15) is 0 Å². The molecule has 2 rings (SSSR count). The lowest BCUT2D eigenvalue weighted by Crippen LogP contribution is -1.91. The van der Waals surface area contributed by atoms with E-state index in [1.165, 1.54) is 31.0 Å². The summed E-state index contributed by atoms with van der Waals surface area (Å²) in [6.45, 7) is 2.16. The molecule has 0 aliphatic rings. The Kier molecular flexibility index (Phi) is 5.39. The first-order valence-electron chi connectivity index (χ1n) is 4.90. The highest BCUT2D eigenvalue weighted by atomic mass is 127. The fourth-order valence-electron chi connectivity index (χ4n) is 1.58. The van der Waals surface area contributed by atoms with Crippen molar-refractivity contribution in [3.8, 4) is 11.1 Å². The van der Waals surface area contributed by atoms with Crippen LogP contribution in [-0.2, 0) is 0 Å². The van der Waals surface area contributed by atoms with E-state index in [0.29, 0.717) is 0 Å². The van der Waals surface area contributed by atoms with Crippen molar-refractivity contribution in [3.05, 3.63) is 50.2 Å². The molecule has 0 aliphatic carbocycles. The summed E-state index contributed by atoms with van der Waals surface area (Å²) >= 11 is 9.62. The zero-order valence-electron chi connectivity index (χ0n) is 8.90. The maximum atomic E-state index is 2.45. The van der Waals surface area contributed by atoms with E-state index in [0.717, 1.165) is 0 Å². The molecule has 4 heteroatoms. The molecule has 88 valence electrons. The van der Waals surface area contributed by atoms with Crippen LogP contribution in [0.25, 0.3) is 11.1 Å². The summed E-state index contributed by atoms with van der Waals surface area (Å²) in [6, 6.07) is 11.1. The van der Waals surface area contributed by atoms with Crippen molar-refractivity contribution >= 4 is 90.4 Å². The summed E-state index contributed by atoms with van der Waals surface area (Å²) < 4.78 is 5.28. The predicted molar refractivity (Wildman–Crippen MR) is 107 cm³/mol. The molecule has 0 spiro atoms. The van der Waals surface area contributed by atoms with Crippen molar-refractivity contribution in [2.24, 2.45) is 0 Å². The van der Waals surface area contributed by atoms with E-state index < -0.39 is 0 Å². The summed E-state index contributed by atoms with van der Waals surface area (Å²) in [5.74, 6) is 0. The Morgan fingerprint density at radius 2 is 1.35 bits per heavy atom. The molecule has 17 heavy (non-hydrogen) atoms. The van der Waals surface area contributed by atoms with Crippen molar-refractivity contribution in [2.45, 2.75) is 6.92 Å². The number of halogens is 4. The monoisotopic (exact) mass is 672 g/mol. The predicted octanol–water partition coefficient (Wildman–Crippen LogP) is 6.08. The molecule has 0 heterocycles. The Hall–Kier alpha value is 1.36. The van der Waals surface area contributed by atoms with E-state index in [1.54, 1.807) is 0 Å². The molecule has 0 amide bonds. The van der Waals surface area contributed by atoms with Crippen LogP contribution in [0.15, 0.2) is 30.3 Å². The van der Waals surface area contributed by atoms with Gasteiger partial charge in [-0.2, -0.15) is 0 Å². The van der Waals surface area contributed by atoms with Crippen LogP contribution in [0.2, 0.25) is 0 Å². The fourth-order valence-corrected chi connectivity index (χ4v) is 4.90. The van der Waals surface area contributed by atoms with Crippen LogP contribution in [-0.4, -0.2) is 0 Å². The van der Waals surface area contributed by atoms with Gasteiger partial charge in [-0.05, 0) is 132 Å². The van der Waals surface area contributed by atoms with Crippen molar-refractivity contribution in [3.63, 3.8) is 0 Å². The normalized spacial score (nSPS) is 10.6. The molecule has 0 N–H and O–H groups in total. The topological polar surface area (TPSA) is 0 Å². The average Bonchev–Trinajstić information content (AvgIpc) is 2.24. The van der Waals surface area contributed by atoms with Gasteiger partial charge in [0.05, 0.1) is 0 Å². The van der Waals surface area contributed by atoms with Gasteiger partial charge < -0.3 is 0 Å². The molecule has 0 fully saturated rings. The summed E-state index contributed by atoms with van der Waals surface area (Å²) in [6.07, 6.45) is 0. The Balaban J connectivity index is 2.64. The first-order chi connectivity index (χ1) is 7.99. The van der Waals surface area contributed by atoms with Gasteiger partial charge in [0.1, 0.15) is 0 Å². The molecule has 0 radical (unpaired) electrons. The maximum absolute atomic E-state index is 2.45. The molecular weight excluding hydrogens is 664 g/mol. The second-order valence-electron chi connectivity index (χ2n) is 3.72. The Bertz CT molecular complexity index is 556. The van der Waals surface area contributed by atoms with Crippen LogP contribution in [0.4, 0.5) is 0 Å². The number of hydrogen-bond acceptors (Lipinski definition) is 0. The standard InChI is InChI=1S/C13H8I4/c1-7-2-3-11(13(17)12(7)16)8-4-9(14)6-10(15)5-8/h2-6H,1H3. The zero-order chi connectivity index (χ0) is 12.6. The third-order valence-electron chi connectivity index (χ3n) is 2.45. The van der Waals surface area contributed by atoms with Gasteiger partial charge in [-0.1, -0.05) is 12.1 Å². The second kappa shape index (κ2) is 6.21. The lowest BCUT2D eigenvalue weighted by Gasteiger charge is -2.10.